The minimum absolute atomic E-state index is 0.993. The summed E-state index contributed by atoms with van der Waals surface area (Å²) in [6, 6.07) is 12.4. The number of rotatable bonds is 8. The summed E-state index contributed by atoms with van der Waals surface area (Å²) in [6.45, 7) is 3.28. The molecular formula is C17H24N2. The van der Waals surface area contributed by atoms with Gasteiger partial charge in [0.15, 0.2) is 0 Å². The zero-order valence-electron chi connectivity index (χ0n) is 11.9. The summed E-state index contributed by atoms with van der Waals surface area (Å²) < 4.78 is 0. The van der Waals surface area contributed by atoms with Crippen molar-refractivity contribution in [2.45, 2.75) is 45.4 Å². The average molecular weight is 256 g/mol. The Morgan fingerprint density at radius 1 is 0.895 bits per heavy atom. The van der Waals surface area contributed by atoms with Gasteiger partial charge >= 0.3 is 0 Å². The van der Waals surface area contributed by atoms with Crippen molar-refractivity contribution in [2.75, 3.05) is 11.9 Å². The summed E-state index contributed by atoms with van der Waals surface area (Å²) in [6.07, 6.45) is 7.99. The smallest absolute Gasteiger partial charge is 0.126 e. The number of unbranched alkanes of at least 4 members (excludes halogenated alkanes) is 5. The molecule has 0 atom stereocenters. The molecule has 1 heterocycles. The molecule has 0 amide bonds. The highest BCUT2D eigenvalue weighted by Crippen LogP contribution is 2.14. The van der Waals surface area contributed by atoms with Crippen molar-refractivity contribution in [3.8, 4) is 0 Å². The fraction of sp³-hybridized carbons (Fsp3) is 0.471. The molecule has 19 heavy (non-hydrogen) atoms. The molecule has 0 aliphatic heterocycles. The summed E-state index contributed by atoms with van der Waals surface area (Å²) >= 11 is 0. The van der Waals surface area contributed by atoms with Crippen molar-refractivity contribution in [3.05, 3.63) is 36.4 Å². The molecule has 1 aromatic carbocycles. The number of para-hydroxylation sites is 1. The minimum atomic E-state index is 0.993. The highest BCUT2D eigenvalue weighted by Gasteiger charge is 1.97. The van der Waals surface area contributed by atoms with Gasteiger partial charge in [-0.05, 0) is 24.6 Å². The molecule has 0 fully saturated rings. The van der Waals surface area contributed by atoms with E-state index in [1.807, 2.05) is 12.1 Å². The Labute approximate surface area is 116 Å². The van der Waals surface area contributed by atoms with Crippen LogP contribution in [0.3, 0.4) is 0 Å². The summed E-state index contributed by atoms with van der Waals surface area (Å²) in [5.41, 5.74) is 1.07. The van der Waals surface area contributed by atoms with E-state index >= 15 is 0 Å². The minimum Gasteiger partial charge on any atom is -0.370 e. The molecule has 0 bridgehead atoms. The molecule has 0 radical (unpaired) electrons. The van der Waals surface area contributed by atoms with Gasteiger partial charge in [0, 0.05) is 11.9 Å². The number of hydrogen-bond acceptors (Lipinski definition) is 2. The molecule has 2 rings (SSSR count). The maximum Gasteiger partial charge on any atom is 0.126 e. The number of benzene rings is 1. The highest BCUT2D eigenvalue weighted by atomic mass is 15.0. The van der Waals surface area contributed by atoms with Gasteiger partial charge in [-0.15, -0.1) is 0 Å². The third kappa shape index (κ3) is 4.55. The van der Waals surface area contributed by atoms with Crippen LogP contribution in [0.5, 0.6) is 0 Å². The first-order chi connectivity index (χ1) is 9.40. The Balaban J connectivity index is 1.72. The second-order valence-corrected chi connectivity index (χ2v) is 5.08. The lowest BCUT2D eigenvalue weighted by Crippen LogP contribution is -2.03. The van der Waals surface area contributed by atoms with Crippen LogP contribution in [0.25, 0.3) is 10.9 Å². The van der Waals surface area contributed by atoms with Crippen LogP contribution in [-0.4, -0.2) is 11.5 Å². The molecule has 0 spiro atoms. The van der Waals surface area contributed by atoms with Crippen LogP contribution in [0, 0.1) is 0 Å². The Kier molecular flexibility index (Phi) is 5.67. The van der Waals surface area contributed by atoms with Gasteiger partial charge in [0.25, 0.3) is 0 Å². The van der Waals surface area contributed by atoms with Crippen molar-refractivity contribution >= 4 is 16.7 Å². The molecule has 1 N–H and O–H groups in total. The van der Waals surface area contributed by atoms with Gasteiger partial charge < -0.3 is 5.32 Å². The quantitative estimate of drug-likeness (QED) is 0.672. The van der Waals surface area contributed by atoms with Crippen molar-refractivity contribution in [1.82, 2.24) is 4.98 Å². The lowest BCUT2D eigenvalue weighted by Gasteiger charge is -2.06. The van der Waals surface area contributed by atoms with Gasteiger partial charge in [-0.1, -0.05) is 57.2 Å². The Bertz CT molecular complexity index is 493. The number of aromatic nitrogens is 1. The fourth-order valence-corrected chi connectivity index (χ4v) is 2.29. The molecule has 2 nitrogen and oxygen atoms in total. The van der Waals surface area contributed by atoms with Crippen LogP contribution in [-0.2, 0) is 0 Å². The number of anilines is 1. The first kappa shape index (κ1) is 13.9. The van der Waals surface area contributed by atoms with E-state index in [0.29, 0.717) is 0 Å². The normalized spacial score (nSPS) is 10.8. The largest absolute Gasteiger partial charge is 0.370 e. The second-order valence-electron chi connectivity index (χ2n) is 5.08. The van der Waals surface area contributed by atoms with Crippen LogP contribution in [0.15, 0.2) is 36.4 Å². The first-order valence-corrected chi connectivity index (χ1v) is 7.50. The highest BCUT2D eigenvalue weighted by molar-refractivity contribution is 5.79. The SMILES string of the molecule is CCCCCCCCNc1ccc2ccccc2n1. The van der Waals surface area contributed by atoms with E-state index < -0.39 is 0 Å². The van der Waals surface area contributed by atoms with E-state index in [2.05, 4.69) is 41.5 Å². The van der Waals surface area contributed by atoms with E-state index in [9.17, 15) is 0 Å². The summed E-state index contributed by atoms with van der Waals surface area (Å²) in [4.78, 5) is 4.61. The molecule has 1 aromatic heterocycles. The van der Waals surface area contributed by atoms with Crippen molar-refractivity contribution in [3.63, 3.8) is 0 Å². The topological polar surface area (TPSA) is 24.9 Å². The number of nitrogens with one attached hydrogen (secondary N) is 1. The average Bonchev–Trinajstić information content (AvgIpc) is 2.46. The van der Waals surface area contributed by atoms with Crippen molar-refractivity contribution < 1.29 is 0 Å². The van der Waals surface area contributed by atoms with E-state index in [1.165, 1.54) is 43.9 Å². The maximum absolute atomic E-state index is 4.61. The molecule has 0 saturated heterocycles. The zero-order valence-corrected chi connectivity index (χ0v) is 11.9. The van der Waals surface area contributed by atoms with Crippen molar-refractivity contribution in [2.24, 2.45) is 0 Å². The summed E-state index contributed by atoms with van der Waals surface area (Å²) in [5.74, 6) is 0.993. The van der Waals surface area contributed by atoms with Crippen LogP contribution in [0.2, 0.25) is 0 Å². The van der Waals surface area contributed by atoms with Gasteiger partial charge in [0.1, 0.15) is 5.82 Å². The lowest BCUT2D eigenvalue weighted by molar-refractivity contribution is 0.617. The van der Waals surface area contributed by atoms with Crippen LogP contribution < -0.4 is 5.32 Å². The third-order valence-electron chi connectivity index (χ3n) is 3.43. The third-order valence-corrected chi connectivity index (χ3v) is 3.43. The predicted octanol–water partition coefficient (Wildman–Crippen LogP) is 5.01. The van der Waals surface area contributed by atoms with Crippen molar-refractivity contribution in [1.29, 1.82) is 0 Å². The maximum atomic E-state index is 4.61. The van der Waals surface area contributed by atoms with Crippen LogP contribution >= 0.6 is 0 Å². The molecular weight excluding hydrogens is 232 g/mol. The van der Waals surface area contributed by atoms with E-state index in [1.54, 1.807) is 0 Å². The number of nitrogens with zero attached hydrogens (tertiary/aromatic N) is 1. The number of fused-ring (bicyclic) bond motifs is 1. The predicted molar refractivity (Wildman–Crippen MR) is 83.6 cm³/mol. The van der Waals surface area contributed by atoms with Crippen LogP contribution in [0.4, 0.5) is 5.82 Å². The number of pyridine rings is 1. The summed E-state index contributed by atoms with van der Waals surface area (Å²) in [5, 5.41) is 4.62. The van der Waals surface area contributed by atoms with Gasteiger partial charge in [0.05, 0.1) is 5.52 Å². The van der Waals surface area contributed by atoms with Gasteiger partial charge in [-0.25, -0.2) is 4.98 Å². The molecule has 0 aliphatic carbocycles. The summed E-state index contributed by atoms with van der Waals surface area (Å²) in [7, 11) is 0. The Morgan fingerprint density at radius 2 is 1.68 bits per heavy atom. The molecule has 102 valence electrons. The molecule has 0 aliphatic rings. The zero-order chi connectivity index (χ0) is 13.3. The first-order valence-electron chi connectivity index (χ1n) is 7.50. The molecule has 2 aromatic rings. The Hall–Kier alpha value is -1.57. The molecule has 0 unspecified atom stereocenters. The van der Waals surface area contributed by atoms with Crippen LogP contribution in [0.1, 0.15) is 45.4 Å². The standard InChI is InChI=1S/C17H24N2/c1-2-3-4-5-6-9-14-18-17-13-12-15-10-7-8-11-16(15)19-17/h7-8,10-13H,2-6,9,14H2,1H3,(H,18,19). The van der Waals surface area contributed by atoms with Gasteiger partial charge in [-0.3, -0.25) is 0 Å². The molecule has 2 heteroatoms. The molecule has 0 saturated carbocycles. The monoisotopic (exact) mass is 256 g/mol. The van der Waals surface area contributed by atoms with E-state index in [0.717, 1.165) is 17.9 Å². The van der Waals surface area contributed by atoms with E-state index in [-0.39, 0.29) is 0 Å². The Morgan fingerprint density at radius 3 is 2.58 bits per heavy atom. The van der Waals surface area contributed by atoms with E-state index in [4.69, 9.17) is 0 Å². The fourth-order valence-electron chi connectivity index (χ4n) is 2.29. The van der Waals surface area contributed by atoms with Gasteiger partial charge in [-0.2, -0.15) is 0 Å². The second kappa shape index (κ2) is 7.78. The number of hydrogen-bond donors (Lipinski definition) is 1. The van der Waals surface area contributed by atoms with Gasteiger partial charge in [0.2, 0.25) is 0 Å². The lowest BCUT2D eigenvalue weighted by atomic mass is 10.1.